The number of hydrogen-bond acceptors (Lipinski definition) is 14. The molecule has 5 unspecified atom stereocenters. The average molecular weight is 1490 g/mol. The van der Waals surface area contributed by atoms with E-state index in [1.165, 1.54) is 193 Å². The van der Waals surface area contributed by atoms with Gasteiger partial charge in [-0.05, 0) is 109 Å². The Labute approximate surface area is 628 Å². The largest absolute Gasteiger partial charge is 0.472 e. The molecule has 0 bridgehead atoms. The van der Waals surface area contributed by atoms with Crippen LogP contribution in [0.25, 0.3) is 0 Å². The van der Waals surface area contributed by atoms with Crippen molar-refractivity contribution in [1.29, 1.82) is 0 Å². The van der Waals surface area contributed by atoms with Crippen LogP contribution in [0.5, 0.6) is 0 Å². The lowest BCUT2D eigenvalue weighted by Gasteiger charge is -2.21. The second-order valence-electron chi connectivity index (χ2n) is 27.9. The zero-order valence-corrected chi connectivity index (χ0v) is 67.3. The number of phosphoric ester groups is 2. The van der Waals surface area contributed by atoms with Crippen molar-refractivity contribution in [3.05, 3.63) is 97.2 Å². The highest BCUT2D eigenvalue weighted by Crippen LogP contribution is 2.45. The molecular formula is C85H152O16P2. The minimum Gasteiger partial charge on any atom is -0.463 e. The molecule has 0 heterocycles. The smallest absolute Gasteiger partial charge is 0.463 e. The Bertz CT molecular complexity index is 2260. The van der Waals surface area contributed by atoms with E-state index >= 15 is 0 Å². The number of carbonyl (C=O) groups is 3. The van der Waals surface area contributed by atoms with Gasteiger partial charge in [0.15, 0.2) is 6.10 Å². The predicted molar refractivity (Wildman–Crippen MR) is 427 cm³/mol. The van der Waals surface area contributed by atoms with E-state index in [1.54, 1.807) is 0 Å². The fraction of sp³-hybridized carbons (Fsp3) is 0.776. The van der Waals surface area contributed by atoms with Gasteiger partial charge in [0.05, 0.1) is 26.4 Å². The zero-order chi connectivity index (χ0) is 75.2. The van der Waals surface area contributed by atoms with Gasteiger partial charge in [-0.2, -0.15) is 0 Å². The van der Waals surface area contributed by atoms with Crippen LogP contribution < -0.4 is 0 Å². The molecule has 103 heavy (non-hydrogen) atoms. The summed E-state index contributed by atoms with van der Waals surface area (Å²) in [4.78, 5) is 58.7. The Morgan fingerprint density at radius 2 is 0.485 bits per heavy atom. The van der Waals surface area contributed by atoms with Crippen molar-refractivity contribution in [2.24, 2.45) is 0 Å². The van der Waals surface area contributed by atoms with Gasteiger partial charge in [-0.25, -0.2) is 9.13 Å². The van der Waals surface area contributed by atoms with E-state index in [9.17, 15) is 43.5 Å². The Balaban J connectivity index is 4.48. The van der Waals surface area contributed by atoms with Crippen LogP contribution in [-0.2, 0) is 55.8 Å². The summed E-state index contributed by atoms with van der Waals surface area (Å²) in [5, 5.41) is 20.7. The van der Waals surface area contributed by atoms with Gasteiger partial charge in [-0.15, -0.1) is 0 Å². The number of esters is 3. The van der Waals surface area contributed by atoms with Crippen molar-refractivity contribution in [3.8, 4) is 0 Å². The lowest BCUT2D eigenvalue weighted by Crippen LogP contribution is -2.30. The molecule has 0 aliphatic carbocycles. The van der Waals surface area contributed by atoms with Crippen molar-refractivity contribution < 1.29 is 75.8 Å². The number of hydrogen-bond donors (Lipinski definition) is 4. The second-order valence-corrected chi connectivity index (χ2v) is 30.8. The lowest BCUT2D eigenvalue weighted by atomic mass is 10.0. The van der Waals surface area contributed by atoms with Crippen LogP contribution in [0.15, 0.2) is 97.2 Å². The molecule has 0 spiro atoms. The first kappa shape index (κ1) is 99.5. The summed E-state index contributed by atoms with van der Waals surface area (Å²) in [6.07, 6.45) is 90.3. The molecule has 16 nitrogen and oxygen atoms in total. The molecule has 0 aromatic heterocycles. The standard InChI is InChI=1S/C85H152O16P2/c1-4-7-10-13-16-19-22-25-28-30-32-34-35-36-37-38-39-40-41-42-43-45-47-48-51-53-56-59-62-65-68-71-83(88)95-74-80(86)75-97-102(91,92)98-76-81(87)77-99-103(93,94)100-79-82(101-85(90)73-70-67-64-61-58-55-50-27-24-21-18-15-12-9-6-3)78-96-84(89)72-69-66-63-60-57-54-52-49-46-44-33-31-29-26-23-20-17-14-11-8-5-2/h16-17,19-20,25-26,28-29,32-34,36-37,44,49,52,80-82,86-87H,4-15,18,21-24,27,30-31,35,38-43,45-48,50-51,53-79H2,1-3H3,(H,91,92)(H,93,94)/b19-16-,20-17-,28-25-,29-26-,34-32-,37-36-,44-33-,52-49-. The average Bonchev–Trinajstić information content (AvgIpc) is 0.922. The van der Waals surface area contributed by atoms with Crippen LogP contribution in [0.3, 0.4) is 0 Å². The number of allylic oxidation sites excluding steroid dienone is 16. The summed E-state index contributed by atoms with van der Waals surface area (Å²) < 4.78 is 61.2. The van der Waals surface area contributed by atoms with Crippen LogP contribution in [0.4, 0.5) is 0 Å². The van der Waals surface area contributed by atoms with Crippen LogP contribution in [-0.4, -0.2) is 95.9 Å². The Hall–Kier alpha value is -3.53. The molecule has 5 atom stereocenters. The summed E-state index contributed by atoms with van der Waals surface area (Å²) in [7, 11) is -9.79. The van der Waals surface area contributed by atoms with Gasteiger partial charge in [0.1, 0.15) is 25.4 Å². The normalized spacial score (nSPS) is 14.4. The summed E-state index contributed by atoms with van der Waals surface area (Å²) in [6.45, 7) is 2.66. The van der Waals surface area contributed by atoms with Crippen molar-refractivity contribution in [2.45, 2.75) is 386 Å². The Kier molecular flexibility index (Phi) is 75.4. The molecule has 18 heteroatoms. The van der Waals surface area contributed by atoms with Crippen LogP contribution in [0, 0.1) is 0 Å². The molecule has 0 saturated heterocycles. The first-order valence-corrected chi connectivity index (χ1v) is 44.5. The number of carbonyl (C=O) groups excluding carboxylic acids is 3. The van der Waals surface area contributed by atoms with E-state index in [0.29, 0.717) is 19.3 Å². The molecule has 0 saturated carbocycles. The van der Waals surface area contributed by atoms with Gasteiger partial charge in [-0.3, -0.25) is 32.5 Å². The van der Waals surface area contributed by atoms with Crippen molar-refractivity contribution in [3.63, 3.8) is 0 Å². The SMILES string of the molecule is CCCCC/C=C\C/C=C\C/C=C\C/C=C\CCCCCCCCCCCCCCCCCC(=O)OCC(O)COP(=O)(O)OCC(O)COP(=O)(O)OCC(COC(=O)CCCCCCC/C=C\C/C=C\C/C=C\C/C=C\CCCCC)OC(=O)CCCCCCCCCCCCCCCCC. The number of aliphatic hydroxyl groups excluding tert-OH is 2. The third-order valence-corrected chi connectivity index (χ3v) is 19.7. The van der Waals surface area contributed by atoms with Crippen molar-refractivity contribution in [2.75, 3.05) is 39.6 Å². The van der Waals surface area contributed by atoms with Crippen LogP contribution in [0.2, 0.25) is 0 Å². The van der Waals surface area contributed by atoms with E-state index in [0.717, 1.165) is 116 Å². The summed E-state index contributed by atoms with van der Waals surface area (Å²) in [5.74, 6) is -1.58. The lowest BCUT2D eigenvalue weighted by molar-refractivity contribution is -0.161. The van der Waals surface area contributed by atoms with E-state index in [2.05, 4.69) is 118 Å². The van der Waals surface area contributed by atoms with Crippen molar-refractivity contribution >= 4 is 33.6 Å². The maximum absolute atomic E-state index is 13.0. The first-order chi connectivity index (χ1) is 50.2. The number of rotatable bonds is 79. The Morgan fingerprint density at radius 1 is 0.272 bits per heavy atom. The fourth-order valence-corrected chi connectivity index (χ4v) is 13.0. The number of ether oxygens (including phenoxy) is 3. The van der Waals surface area contributed by atoms with Crippen LogP contribution >= 0.6 is 15.6 Å². The fourth-order valence-electron chi connectivity index (χ4n) is 11.4. The third-order valence-electron chi connectivity index (χ3n) is 17.8. The van der Waals surface area contributed by atoms with Gasteiger partial charge in [0.2, 0.25) is 0 Å². The highest BCUT2D eigenvalue weighted by Gasteiger charge is 2.29. The van der Waals surface area contributed by atoms with Gasteiger partial charge in [0, 0.05) is 19.3 Å². The van der Waals surface area contributed by atoms with Gasteiger partial charge < -0.3 is 34.2 Å². The van der Waals surface area contributed by atoms with E-state index < -0.39 is 91.5 Å². The molecule has 0 aromatic rings. The van der Waals surface area contributed by atoms with Gasteiger partial charge in [-0.1, -0.05) is 336 Å². The minimum absolute atomic E-state index is 0.104. The monoisotopic (exact) mass is 1490 g/mol. The summed E-state index contributed by atoms with van der Waals surface area (Å²) in [5.41, 5.74) is 0. The van der Waals surface area contributed by atoms with E-state index in [4.69, 9.17) is 32.3 Å². The van der Waals surface area contributed by atoms with Gasteiger partial charge in [0.25, 0.3) is 0 Å². The van der Waals surface area contributed by atoms with Crippen LogP contribution in [0.1, 0.15) is 367 Å². The molecule has 0 radical (unpaired) electrons. The van der Waals surface area contributed by atoms with E-state index in [1.807, 2.05) is 0 Å². The third kappa shape index (κ3) is 79.3. The molecule has 4 N–H and O–H groups in total. The Morgan fingerprint density at radius 3 is 0.786 bits per heavy atom. The maximum atomic E-state index is 13.0. The molecule has 0 amide bonds. The van der Waals surface area contributed by atoms with Gasteiger partial charge >= 0.3 is 33.6 Å². The highest BCUT2D eigenvalue weighted by molar-refractivity contribution is 7.47. The molecule has 0 fully saturated rings. The first-order valence-electron chi connectivity index (χ1n) is 41.5. The minimum atomic E-state index is -4.93. The maximum Gasteiger partial charge on any atom is 0.472 e. The number of aliphatic hydroxyl groups is 2. The summed E-state index contributed by atoms with van der Waals surface area (Å²) in [6, 6.07) is 0. The molecule has 0 rings (SSSR count). The quantitative estimate of drug-likeness (QED) is 0.0146. The molecule has 0 aliphatic heterocycles. The number of unbranched alkanes of at least 4 members (excludes halogenated alkanes) is 40. The predicted octanol–water partition coefficient (Wildman–Crippen LogP) is 24.5. The molecule has 0 aliphatic rings. The number of phosphoric acid groups is 2. The topological polar surface area (TPSA) is 231 Å². The molecule has 0 aromatic carbocycles. The molecule has 598 valence electrons. The highest BCUT2D eigenvalue weighted by atomic mass is 31.2. The zero-order valence-electron chi connectivity index (χ0n) is 65.5. The molecular weight excluding hydrogens is 1340 g/mol. The summed E-state index contributed by atoms with van der Waals surface area (Å²) >= 11 is 0. The van der Waals surface area contributed by atoms with Crippen molar-refractivity contribution in [1.82, 2.24) is 0 Å². The second kappa shape index (κ2) is 78.1. The van der Waals surface area contributed by atoms with E-state index in [-0.39, 0.29) is 19.3 Å².